The zero-order valence-corrected chi connectivity index (χ0v) is 10.7. The van der Waals surface area contributed by atoms with Crippen LogP contribution < -0.4 is 5.73 Å². The molecule has 0 atom stereocenters. The summed E-state index contributed by atoms with van der Waals surface area (Å²) >= 11 is 4.16. The van der Waals surface area contributed by atoms with Crippen molar-refractivity contribution in [1.82, 2.24) is 0 Å². The van der Waals surface area contributed by atoms with E-state index in [1.54, 1.807) is 0 Å². The Bertz CT molecular complexity index is 569. The van der Waals surface area contributed by atoms with Crippen LogP contribution in [0.25, 0.3) is 6.08 Å². The van der Waals surface area contributed by atoms with E-state index in [2.05, 4.69) is 20.9 Å². The summed E-state index contributed by atoms with van der Waals surface area (Å²) in [5, 5.41) is 19.1. The number of halogens is 1. The summed E-state index contributed by atoms with van der Waals surface area (Å²) in [7, 11) is 0. The van der Waals surface area contributed by atoms with Gasteiger partial charge in [0.2, 0.25) is 0 Å². The fraction of sp³-hybridized carbons (Fsp3) is 0. The maximum absolute atomic E-state index is 11.4. The topological polar surface area (TPSA) is 95.9 Å². The van der Waals surface area contributed by atoms with Gasteiger partial charge in [-0.05, 0) is 39.8 Å². The Kier molecular flexibility index (Phi) is 3.12. The van der Waals surface area contributed by atoms with E-state index < -0.39 is 5.91 Å². The molecule has 2 rings (SSSR count). The molecule has 1 aliphatic heterocycles. The number of phenols is 2. The van der Waals surface area contributed by atoms with Crippen LogP contribution in [-0.2, 0) is 4.79 Å². The smallest absolute Gasteiger partial charge is 0.286 e. The summed E-state index contributed by atoms with van der Waals surface area (Å²) in [5.74, 6) is -0.640. The van der Waals surface area contributed by atoms with E-state index in [1.807, 2.05) is 0 Å². The zero-order chi connectivity index (χ0) is 12.6. The van der Waals surface area contributed by atoms with Crippen LogP contribution in [0.4, 0.5) is 0 Å². The number of aliphatic imine (C=N–C) groups is 1. The molecule has 88 valence electrons. The standard InChI is InChI=1S/C10H7BrN2O3S/c11-5-1-4(6(14)3-7(5)15)2-8-9(16)13-10(12)17-8/h1-3,14-15H,(H2,12,13,16)/b8-2+. The minimum absolute atomic E-state index is 0.0779. The molecule has 0 saturated carbocycles. The number of hydrogen-bond donors (Lipinski definition) is 3. The molecule has 5 nitrogen and oxygen atoms in total. The third-order valence-corrected chi connectivity index (χ3v) is 3.47. The molecule has 1 amide bonds. The highest BCUT2D eigenvalue weighted by molar-refractivity contribution is 9.10. The van der Waals surface area contributed by atoms with Crippen LogP contribution in [0, 0.1) is 0 Å². The van der Waals surface area contributed by atoms with Gasteiger partial charge in [0.15, 0.2) is 5.17 Å². The van der Waals surface area contributed by atoms with E-state index in [0.29, 0.717) is 14.9 Å². The average molecular weight is 315 g/mol. The van der Waals surface area contributed by atoms with Crippen molar-refractivity contribution in [3.8, 4) is 11.5 Å². The van der Waals surface area contributed by atoms with Crippen LogP contribution in [0.3, 0.4) is 0 Å². The number of amides is 1. The van der Waals surface area contributed by atoms with E-state index in [0.717, 1.165) is 11.8 Å². The SMILES string of the molecule is NC1=NC(=O)/C(=C\c2cc(Br)c(O)cc2O)S1. The highest BCUT2D eigenvalue weighted by Crippen LogP contribution is 2.34. The molecule has 7 heteroatoms. The lowest BCUT2D eigenvalue weighted by Crippen LogP contribution is -2.01. The van der Waals surface area contributed by atoms with Crippen LogP contribution in [0.15, 0.2) is 26.5 Å². The zero-order valence-electron chi connectivity index (χ0n) is 8.35. The molecule has 1 aliphatic rings. The van der Waals surface area contributed by atoms with Crippen LogP contribution >= 0.6 is 27.7 Å². The van der Waals surface area contributed by atoms with Crippen molar-refractivity contribution in [3.05, 3.63) is 27.1 Å². The molecular weight excluding hydrogens is 308 g/mol. The summed E-state index contributed by atoms with van der Waals surface area (Å²) in [6.45, 7) is 0. The molecule has 1 heterocycles. The van der Waals surface area contributed by atoms with Gasteiger partial charge in [-0.3, -0.25) is 4.79 Å². The van der Waals surface area contributed by atoms with Gasteiger partial charge in [-0.25, -0.2) is 0 Å². The van der Waals surface area contributed by atoms with Gasteiger partial charge in [0.1, 0.15) is 11.5 Å². The molecule has 0 unspecified atom stereocenters. The first-order valence-corrected chi connectivity index (χ1v) is 6.08. The molecule has 0 aliphatic carbocycles. The molecule has 4 N–H and O–H groups in total. The molecular formula is C10H7BrN2O3S. The second-order valence-corrected chi connectivity index (χ2v) is 5.14. The predicted molar refractivity (Wildman–Crippen MR) is 69.7 cm³/mol. The summed E-state index contributed by atoms with van der Waals surface area (Å²) in [6.07, 6.45) is 1.47. The Morgan fingerprint density at radius 3 is 2.65 bits per heavy atom. The number of benzene rings is 1. The fourth-order valence-corrected chi connectivity index (χ4v) is 2.28. The number of rotatable bonds is 1. The summed E-state index contributed by atoms with van der Waals surface area (Å²) < 4.78 is 0.423. The predicted octanol–water partition coefficient (Wildman–Crippen LogP) is 1.79. The summed E-state index contributed by atoms with van der Waals surface area (Å²) in [4.78, 5) is 15.2. The largest absolute Gasteiger partial charge is 0.507 e. The molecule has 0 bridgehead atoms. The lowest BCUT2D eigenvalue weighted by Gasteiger charge is -2.03. The van der Waals surface area contributed by atoms with Gasteiger partial charge in [-0.15, -0.1) is 0 Å². The van der Waals surface area contributed by atoms with Crippen molar-refractivity contribution in [1.29, 1.82) is 0 Å². The lowest BCUT2D eigenvalue weighted by atomic mass is 10.1. The molecule has 0 aromatic heterocycles. The monoisotopic (exact) mass is 314 g/mol. The Labute approximate surface area is 109 Å². The first kappa shape index (κ1) is 12.0. The first-order chi connectivity index (χ1) is 7.97. The second kappa shape index (κ2) is 4.42. The van der Waals surface area contributed by atoms with E-state index in [9.17, 15) is 15.0 Å². The quantitative estimate of drug-likeness (QED) is 0.687. The molecule has 1 aromatic carbocycles. The minimum atomic E-state index is -0.434. The molecule has 0 fully saturated rings. The molecule has 0 radical (unpaired) electrons. The maximum Gasteiger partial charge on any atom is 0.286 e. The van der Waals surface area contributed by atoms with Crippen LogP contribution in [0.5, 0.6) is 11.5 Å². The highest BCUT2D eigenvalue weighted by atomic mass is 79.9. The van der Waals surface area contributed by atoms with Gasteiger partial charge in [0.25, 0.3) is 5.91 Å². The highest BCUT2D eigenvalue weighted by Gasteiger charge is 2.20. The minimum Gasteiger partial charge on any atom is -0.507 e. The third-order valence-electron chi connectivity index (χ3n) is 2.02. The van der Waals surface area contributed by atoms with Crippen molar-refractivity contribution in [3.63, 3.8) is 0 Å². The molecule has 0 spiro atoms. The number of thioether (sulfide) groups is 1. The number of phenolic OH excluding ortho intramolecular Hbond substituents is 2. The number of nitrogens with zero attached hydrogens (tertiary/aromatic N) is 1. The first-order valence-electron chi connectivity index (χ1n) is 4.47. The number of carbonyl (C=O) groups is 1. The number of nitrogens with two attached hydrogens (primary N) is 1. The van der Waals surface area contributed by atoms with E-state index in [4.69, 9.17) is 5.73 Å². The normalized spacial score (nSPS) is 17.6. The van der Waals surface area contributed by atoms with Crippen molar-refractivity contribution in [2.75, 3.05) is 0 Å². The van der Waals surface area contributed by atoms with Crippen molar-refractivity contribution in [2.45, 2.75) is 0 Å². The average Bonchev–Trinajstić information content (AvgIpc) is 2.54. The van der Waals surface area contributed by atoms with Crippen LogP contribution in [0.2, 0.25) is 0 Å². The number of amidine groups is 1. The van der Waals surface area contributed by atoms with Gasteiger partial charge < -0.3 is 15.9 Å². The summed E-state index contributed by atoms with van der Waals surface area (Å²) in [5.41, 5.74) is 5.80. The number of carbonyl (C=O) groups excluding carboxylic acids is 1. The third kappa shape index (κ3) is 2.45. The van der Waals surface area contributed by atoms with Crippen LogP contribution in [0.1, 0.15) is 5.56 Å². The van der Waals surface area contributed by atoms with Gasteiger partial charge in [0.05, 0.1) is 9.38 Å². The van der Waals surface area contributed by atoms with Gasteiger partial charge in [0, 0.05) is 11.6 Å². The van der Waals surface area contributed by atoms with Crippen LogP contribution in [-0.4, -0.2) is 21.3 Å². The number of hydrogen-bond acceptors (Lipinski definition) is 5. The van der Waals surface area contributed by atoms with Crippen molar-refractivity contribution >= 4 is 44.8 Å². The Balaban J connectivity index is 2.41. The molecule has 1 aromatic rings. The summed E-state index contributed by atoms with van der Waals surface area (Å²) in [6, 6.07) is 2.69. The van der Waals surface area contributed by atoms with E-state index in [1.165, 1.54) is 18.2 Å². The second-order valence-electron chi connectivity index (χ2n) is 3.23. The number of aromatic hydroxyl groups is 2. The van der Waals surface area contributed by atoms with Crippen molar-refractivity contribution in [2.24, 2.45) is 10.7 Å². The maximum atomic E-state index is 11.4. The fourth-order valence-electron chi connectivity index (χ4n) is 1.25. The Morgan fingerprint density at radius 2 is 2.06 bits per heavy atom. The molecule has 17 heavy (non-hydrogen) atoms. The van der Waals surface area contributed by atoms with Gasteiger partial charge >= 0.3 is 0 Å². The molecule has 0 saturated heterocycles. The van der Waals surface area contributed by atoms with E-state index >= 15 is 0 Å². The van der Waals surface area contributed by atoms with E-state index in [-0.39, 0.29) is 16.7 Å². The Hall–Kier alpha value is -1.47. The Morgan fingerprint density at radius 1 is 1.35 bits per heavy atom. The lowest BCUT2D eigenvalue weighted by molar-refractivity contribution is -0.113. The van der Waals surface area contributed by atoms with Gasteiger partial charge in [-0.2, -0.15) is 4.99 Å². The van der Waals surface area contributed by atoms with Gasteiger partial charge in [-0.1, -0.05) is 0 Å². The van der Waals surface area contributed by atoms with Crippen molar-refractivity contribution < 1.29 is 15.0 Å².